The third kappa shape index (κ3) is 2.04. The number of nitrogens with one attached hydrogen (secondary N) is 1. The maximum Gasteiger partial charge on any atom is 0.235 e. The van der Waals surface area contributed by atoms with E-state index in [1.165, 1.54) is 4.90 Å². The lowest BCUT2D eigenvalue weighted by Gasteiger charge is -2.25. The van der Waals surface area contributed by atoms with Crippen molar-refractivity contribution in [3.63, 3.8) is 0 Å². The fourth-order valence-corrected chi connectivity index (χ4v) is 1.81. The number of hydrogen-bond acceptors (Lipinski definition) is 3. The summed E-state index contributed by atoms with van der Waals surface area (Å²) in [5.74, 6) is 0.151. The fraction of sp³-hybridized carbons (Fsp3) is 0.818. The van der Waals surface area contributed by atoms with Crippen LogP contribution in [0, 0.1) is 11.3 Å². The van der Waals surface area contributed by atoms with Crippen LogP contribution in [0.2, 0.25) is 0 Å². The van der Waals surface area contributed by atoms with Crippen molar-refractivity contribution >= 4 is 11.8 Å². The van der Waals surface area contributed by atoms with Crippen LogP contribution in [0.25, 0.3) is 0 Å². The molecule has 86 valence electrons. The molecule has 0 spiro atoms. The first-order valence-electron chi connectivity index (χ1n) is 5.43. The monoisotopic (exact) mass is 212 g/mol. The van der Waals surface area contributed by atoms with Crippen molar-refractivity contribution in [2.45, 2.75) is 27.2 Å². The number of likely N-dealkylation sites (N-methyl/N-ethyl adjacent to an activating group) is 1. The zero-order valence-electron chi connectivity index (χ0n) is 9.96. The van der Waals surface area contributed by atoms with E-state index < -0.39 is 5.41 Å². The molecule has 0 aromatic heterocycles. The number of carbonyl (C=O) groups excluding carboxylic acids is 2. The van der Waals surface area contributed by atoms with Crippen LogP contribution in [-0.2, 0) is 9.59 Å². The van der Waals surface area contributed by atoms with Crippen LogP contribution >= 0.6 is 0 Å². The Balaban J connectivity index is 2.79. The Morgan fingerprint density at radius 3 is 2.47 bits per heavy atom. The average Bonchev–Trinajstić information content (AvgIpc) is 2.37. The van der Waals surface area contributed by atoms with Gasteiger partial charge in [0.25, 0.3) is 0 Å². The van der Waals surface area contributed by atoms with Gasteiger partial charge in [-0.05, 0) is 19.9 Å². The van der Waals surface area contributed by atoms with Gasteiger partial charge in [-0.25, -0.2) is 0 Å². The van der Waals surface area contributed by atoms with Gasteiger partial charge in [0, 0.05) is 19.5 Å². The molecule has 0 radical (unpaired) electrons. The van der Waals surface area contributed by atoms with Crippen LogP contribution in [0.4, 0.5) is 0 Å². The summed E-state index contributed by atoms with van der Waals surface area (Å²) in [6.07, 6.45) is 0.354. The molecule has 2 amide bonds. The van der Waals surface area contributed by atoms with Crippen LogP contribution in [0.1, 0.15) is 27.2 Å². The van der Waals surface area contributed by atoms with Crippen molar-refractivity contribution in [1.82, 2.24) is 10.2 Å². The topological polar surface area (TPSA) is 49.4 Å². The van der Waals surface area contributed by atoms with Crippen molar-refractivity contribution in [3.05, 3.63) is 0 Å². The van der Waals surface area contributed by atoms with Crippen LogP contribution in [0.3, 0.4) is 0 Å². The second-order valence-electron chi connectivity index (χ2n) is 4.70. The average molecular weight is 212 g/mol. The van der Waals surface area contributed by atoms with Crippen LogP contribution in [0.15, 0.2) is 0 Å². The van der Waals surface area contributed by atoms with E-state index in [0.717, 1.165) is 0 Å². The predicted molar refractivity (Wildman–Crippen MR) is 58.2 cm³/mol. The van der Waals surface area contributed by atoms with E-state index in [4.69, 9.17) is 0 Å². The number of imide groups is 1. The number of amides is 2. The summed E-state index contributed by atoms with van der Waals surface area (Å²) in [5, 5.41) is 2.95. The smallest absolute Gasteiger partial charge is 0.235 e. The summed E-state index contributed by atoms with van der Waals surface area (Å²) in [6.45, 7) is 7.01. The van der Waals surface area contributed by atoms with Crippen LogP contribution in [0.5, 0.6) is 0 Å². The van der Waals surface area contributed by atoms with Gasteiger partial charge in [0.15, 0.2) is 0 Å². The largest absolute Gasteiger partial charge is 0.318 e. The Morgan fingerprint density at radius 2 is 2.07 bits per heavy atom. The highest BCUT2D eigenvalue weighted by molar-refractivity contribution is 6.05. The number of hydrogen-bond donors (Lipinski definition) is 1. The van der Waals surface area contributed by atoms with Gasteiger partial charge in [-0.1, -0.05) is 13.8 Å². The molecular formula is C11H20N2O2. The molecule has 1 heterocycles. The Kier molecular flexibility index (Phi) is 3.50. The van der Waals surface area contributed by atoms with Gasteiger partial charge in [0.1, 0.15) is 0 Å². The minimum absolute atomic E-state index is 0.0160. The van der Waals surface area contributed by atoms with E-state index in [1.54, 1.807) is 0 Å². The molecule has 0 saturated carbocycles. The molecular weight excluding hydrogens is 192 g/mol. The molecule has 1 fully saturated rings. The zero-order valence-corrected chi connectivity index (χ0v) is 9.96. The number of likely N-dealkylation sites (tertiary alicyclic amines) is 1. The quantitative estimate of drug-likeness (QED) is 0.695. The van der Waals surface area contributed by atoms with Crippen molar-refractivity contribution in [2.75, 3.05) is 20.1 Å². The SMILES string of the molecule is CNCCN1C(=O)CC(C)(C(C)C)C1=O. The first kappa shape index (κ1) is 12.2. The first-order chi connectivity index (χ1) is 6.93. The lowest BCUT2D eigenvalue weighted by atomic mass is 9.78. The van der Waals surface area contributed by atoms with E-state index in [2.05, 4.69) is 5.32 Å². The van der Waals surface area contributed by atoms with E-state index >= 15 is 0 Å². The lowest BCUT2D eigenvalue weighted by molar-refractivity contribution is -0.141. The lowest BCUT2D eigenvalue weighted by Crippen LogP contribution is -2.39. The summed E-state index contributed by atoms with van der Waals surface area (Å²) in [4.78, 5) is 25.1. The van der Waals surface area contributed by atoms with Gasteiger partial charge >= 0.3 is 0 Å². The van der Waals surface area contributed by atoms with Gasteiger partial charge in [0.2, 0.25) is 11.8 Å². The van der Waals surface area contributed by atoms with E-state index in [1.807, 2.05) is 27.8 Å². The molecule has 0 aliphatic carbocycles. The molecule has 1 aliphatic rings. The highest BCUT2D eigenvalue weighted by atomic mass is 16.2. The number of rotatable bonds is 4. The minimum atomic E-state index is -0.495. The summed E-state index contributed by atoms with van der Waals surface area (Å²) in [5.41, 5.74) is -0.495. The molecule has 0 aromatic rings. The fourth-order valence-electron chi connectivity index (χ4n) is 1.81. The van der Waals surface area contributed by atoms with E-state index in [0.29, 0.717) is 19.5 Å². The second-order valence-corrected chi connectivity index (χ2v) is 4.70. The van der Waals surface area contributed by atoms with Gasteiger partial charge in [0.05, 0.1) is 5.41 Å². The second kappa shape index (κ2) is 4.31. The normalized spacial score (nSPS) is 26.9. The highest BCUT2D eigenvalue weighted by Gasteiger charge is 2.49. The van der Waals surface area contributed by atoms with Gasteiger partial charge in [-0.2, -0.15) is 0 Å². The molecule has 15 heavy (non-hydrogen) atoms. The van der Waals surface area contributed by atoms with Crippen molar-refractivity contribution in [3.8, 4) is 0 Å². The first-order valence-corrected chi connectivity index (χ1v) is 5.43. The van der Waals surface area contributed by atoms with Gasteiger partial charge in [-0.3, -0.25) is 14.5 Å². The molecule has 1 saturated heterocycles. The molecule has 1 unspecified atom stereocenters. The molecule has 1 atom stereocenters. The molecule has 1 N–H and O–H groups in total. The van der Waals surface area contributed by atoms with E-state index in [-0.39, 0.29) is 17.7 Å². The van der Waals surface area contributed by atoms with E-state index in [9.17, 15) is 9.59 Å². The Hall–Kier alpha value is -0.900. The van der Waals surface area contributed by atoms with Crippen molar-refractivity contribution in [1.29, 1.82) is 0 Å². The predicted octanol–water partition coefficient (Wildman–Crippen LogP) is 0.627. The molecule has 0 aromatic carbocycles. The Morgan fingerprint density at radius 1 is 1.47 bits per heavy atom. The van der Waals surface area contributed by atoms with Crippen molar-refractivity contribution < 1.29 is 9.59 Å². The number of carbonyl (C=O) groups is 2. The zero-order chi connectivity index (χ0) is 11.6. The third-order valence-corrected chi connectivity index (χ3v) is 3.41. The standard InChI is InChI=1S/C11H20N2O2/c1-8(2)11(3)7-9(14)13(10(11)15)6-5-12-4/h8,12H,5-7H2,1-4H3. The van der Waals surface area contributed by atoms with Crippen LogP contribution in [-0.4, -0.2) is 36.9 Å². The summed E-state index contributed by atoms with van der Waals surface area (Å²) < 4.78 is 0. The molecule has 4 nitrogen and oxygen atoms in total. The van der Waals surface area contributed by atoms with Crippen molar-refractivity contribution in [2.24, 2.45) is 11.3 Å². The summed E-state index contributed by atoms with van der Waals surface area (Å²) in [7, 11) is 1.81. The van der Waals surface area contributed by atoms with Gasteiger partial charge in [-0.15, -0.1) is 0 Å². The van der Waals surface area contributed by atoms with Gasteiger partial charge < -0.3 is 5.32 Å². The number of nitrogens with zero attached hydrogens (tertiary/aromatic N) is 1. The molecule has 1 rings (SSSR count). The molecule has 0 bridgehead atoms. The Labute approximate surface area is 91.0 Å². The third-order valence-electron chi connectivity index (χ3n) is 3.41. The van der Waals surface area contributed by atoms with Crippen LogP contribution < -0.4 is 5.32 Å². The molecule has 4 heteroatoms. The maximum atomic E-state index is 12.1. The minimum Gasteiger partial charge on any atom is -0.318 e. The highest BCUT2D eigenvalue weighted by Crippen LogP contribution is 2.38. The Bertz CT molecular complexity index is 276. The summed E-state index contributed by atoms with van der Waals surface area (Å²) >= 11 is 0. The summed E-state index contributed by atoms with van der Waals surface area (Å²) in [6, 6.07) is 0. The molecule has 1 aliphatic heterocycles. The maximum absolute atomic E-state index is 12.1.